The Hall–Kier alpha value is -1.36. The van der Waals surface area contributed by atoms with Gasteiger partial charge in [-0.3, -0.25) is 0 Å². The van der Waals surface area contributed by atoms with Crippen LogP contribution in [-0.4, -0.2) is 32.2 Å². The van der Waals surface area contributed by atoms with Crippen LogP contribution in [0.1, 0.15) is 45.6 Å². The molecule has 0 fully saturated rings. The molecule has 0 unspecified atom stereocenters. The van der Waals surface area contributed by atoms with Gasteiger partial charge in [0.15, 0.2) is 0 Å². The Kier molecular flexibility index (Phi) is 6.89. The Balaban J connectivity index is 3.14. The highest BCUT2D eigenvalue weighted by Crippen LogP contribution is 2.15. The van der Waals surface area contributed by atoms with Crippen molar-refractivity contribution in [1.29, 1.82) is 0 Å². The maximum atomic E-state index is 12.4. The van der Waals surface area contributed by atoms with Gasteiger partial charge in [-0.2, -0.15) is 8.42 Å². The van der Waals surface area contributed by atoms with Crippen molar-refractivity contribution in [3.05, 3.63) is 29.8 Å². The second-order valence-corrected chi connectivity index (χ2v) is 6.68. The van der Waals surface area contributed by atoms with E-state index in [4.69, 9.17) is 0 Å². The normalized spacial score (nSPS) is 12.5. The molecule has 1 rings (SSSR count). The van der Waals surface area contributed by atoms with Crippen molar-refractivity contribution in [3.63, 3.8) is 0 Å². The highest BCUT2D eigenvalue weighted by molar-refractivity contribution is 7.90. The summed E-state index contributed by atoms with van der Waals surface area (Å²) in [7, 11) is -3.63. The van der Waals surface area contributed by atoms with Crippen molar-refractivity contribution in [2.75, 3.05) is 13.1 Å². The standard InChI is InChI=1S/C16H26N2O2S/c1-5-8-9-16(18(6-2)7-3)17-21(19,20)15-12-10-14(4)11-13-15/h10-13H,5-9H2,1-4H3/b17-16+. The molecule has 0 aliphatic heterocycles. The number of nitrogens with zero attached hydrogens (tertiary/aromatic N) is 2. The fourth-order valence-electron chi connectivity index (χ4n) is 2.09. The van der Waals surface area contributed by atoms with Crippen LogP contribution in [0.25, 0.3) is 0 Å². The van der Waals surface area contributed by atoms with Crippen LogP contribution < -0.4 is 0 Å². The quantitative estimate of drug-likeness (QED) is 0.571. The minimum atomic E-state index is -3.63. The monoisotopic (exact) mass is 310 g/mol. The van der Waals surface area contributed by atoms with Crippen LogP contribution in [-0.2, 0) is 10.0 Å². The summed E-state index contributed by atoms with van der Waals surface area (Å²) in [5.74, 6) is 0.669. The van der Waals surface area contributed by atoms with Crippen molar-refractivity contribution < 1.29 is 8.42 Å². The van der Waals surface area contributed by atoms with Crippen LogP contribution >= 0.6 is 0 Å². The van der Waals surface area contributed by atoms with E-state index in [9.17, 15) is 8.42 Å². The number of benzene rings is 1. The predicted molar refractivity (Wildman–Crippen MR) is 88.2 cm³/mol. The molecule has 0 atom stereocenters. The molecule has 0 radical (unpaired) electrons. The van der Waals surface area contributed by atoms with Crippen LogP contribution in [0.3, 0.4) is 0 Å². The Bertz CT molecular complexity index is 558. The third kappa shape index (κ3) is 5.16. The molecule has 0 aliphatic carbocycles. The van der Waals surface area contributed by atoms with E-state index < -0.39 is 10.0 Å². The second-order valence-electron chi connectivity index (χ2n) is 5.07. The number of amidine groups is 1. The fourth-order valence-corrected chi connectivity index (χ4v) is 3.16. The molecule has 0 N–H and O–H groups in total. The summed E-state index contributed by atoms with van der Waals surface area (Å²) >= 11 is 0. The number of unbranched alkanes of at least 4 members (excludes halogenated alkanes) is 1. The molecule has 1 aromatic rings. The van der Waals surface area contributed by atoms with Gasteiger partial charge in [0.2, 0.25) is 0 Å². The molecule has 0 bridgehead atoms. The van der Waals surface area contributed by atoms with Crippen molar-refractivity contribution in [3.8, 4) is 0 Å². The van der Waals surface area contributed by atoms with E-state index in [2.05, 4.69) is 11.3 Å². The molecule has 0 aliphatic rings. The first-order valence-corrected chi connectivity index (χ1v) is 9.04. The molecule has 0 amide bonds. The van der Waals surface area contributed by atoms with Gasteiger partial charge >= 0.3 is 0 Å². The molecular formula is C16H26N2O2S. The van der Waals surface area contributed by atoms with Crippen molar-refractivity contribution in [1.82, 2.24) is 4.90 Å². The SMILES string of the molecule is CCCC/C(=N\S(=O)(=O)c1ccc(C)cc1)N(CC)CC. The maximum Gasteiger partial charge on any atom is 0.283 e. The number of rotatable bonds is 7. The largest absolute Gasteiger partial charge is 0.360 e. The Labute approximate surface area is 128 Å². The van der Waals surface area contributed by atoms with E-state index in [0.29, 0.717) is 12.3 Å². The molecule has 0 spiro atoms. The van der Waals surface area contributed by atoms with E-state index in [1.807, 2.05) is 25.7 Å². The van der Waals surface area contributed by atoms with Gasteiger partial charge in [0, 0.05) is 19.5 Å². The van der Waals surface area contributed by atoms with Crippen molar-refractivity contribution >= 4 is 15.9 Å². The third-order valence-corrected chi connectivity index (χ3v) is 4.75. The lowest BCUT2D eigenvalue weighted by Gasteiger charge is -2.22. The summed E-state index contributed by atoms with van der Waals surface area (Å²) in [6.45, 7) is 9.59. The van der Waals surface area contributed by atoms with Crippen LogP contribution in [0.5, 0.6) is 0 Å². The summed E-state index contributed by atoms with van der Waals surface area (Å²) in [6.07, 6.45) is 2.66. The summed E-state index contributed by atoms with van der Waals surface area (Å²) in [4.78, 5) is 2.27. The number of aryl methyl sites for hydroxylation is 1. The second kappa shape index (κ2) is 8.17. The zero-order chi connectivity index (χ0) is 15.9. The van der Waals surface area contributed by atoms with E-state index >= 15 is 0 Å². The minimum absolute atomic E-state index is 0.259. The van der Waals surface area contributed by atoms with Gasteiger partial charge in [0.1, 0.15) is 5.84 Å². The summed E-state index contributed by atoms with van der Waals surface area (Å²) in [6, 6.07) is 6.83. The van der Waals surface area contributed by atoms with Gasteiger partial charge in [-0.05, 0) is 39.3 Å². The Morgan fingerprint density at radius 2 is 1.67 bits per heavy atom. The van der Waals surface area contributed by atoms with Gasteiger partial charge in [-0.15, -0.1) is 4.40 Å². The highest BCUT2D eigenvalue weighted by Gasteiger charge is 2.16. The number of sulfonamides is 1. The van der Waals surface area contributed by atoms with Crippen LogP contribution in [0.4, 0.5) is 0 Å². The average molecular weight is 310 g/mol. The van der Waals surface area contributed by atoms with Crippen molar-refractivity contribution in [2.45, 2.75) is 51.9 Å². The molecule has 118 valence electrons. The molecule has 0 aromatic heterocycles. The van der Waals surface area contributed by atoms with E-state index in [1.54, 1.807) is 24.3 Å². The predicted octanol–water partition coefficient (Wildman–Crippen LogP) is 3.61. The molecule has 5 heteroatoms. The van der Waals surface area contributed by atoms with Gasteiger partial charge < -0.3 is 4.90 Å². The average Bonchev–Trinajstić information content (AvgIpc) is 2.46. The van der Waals surface area contributed by atoms with Crippen LogP contribution in [0, 0.1) is 6.92 Å². The molecule has 0 heterocycles. The molecule has 0 saturated heterocycles. The Morgan fingerprint density at radius 1 is 1.10 bits per heavy atom. The number of hydrogen-bond donors (Lipinski definition) is 0. The van der Waals surface area contributed by atoms with Gasteiger partial charge in [-0.25, -0.2) is 0 Å². The minimum Gasteiger partial charge on any atom is -0.360 e. The molecule has 0 saturated carbocycles. The summed E-state index contributed by atoms with van der Waals surface area (Å²) < 4.78 is 29.0. The first-order chi connectivity index (χ1) is 9.94. The molecular weight excluding hydrogens is 284 g/mol. The van der Waals surface area contributed by atoms with E-state index in [0.717, 1.165) is 31.5 Å². The van der Waals surface area contributed by atoms with Gasteiger partial charge in [0.05, 0.1) is 4.90 Å². The van der Waals surface area contributed by atoms with E-state index in [-0.39, 0.29) is 4.90 Å². The van der Waals surface area contributed by atoms with Crippen LogP contribution in [0.15, 0.2) is 33.6 Å². The smallest absolute Gasteiger partial charge is 0.283 e. The fraction of sp³-hybridized carbons (Fsp3) is 0.562. The zero-order valence-electron chi connectivity index (χ0n) is 13.5. The third-order valence-electron chi connectivity index (χ3n) is 3.43. The lowest BCUT2D eigenvalue weighted by atomic mass is 10.2. The summed E-state index contributed by atoms with van der Waals surface area (Å²) in [5, 5.41) is 0. The molecule has 4 nitrogen and oxygen atoms in total. The molecule has 1 aromatic carbocycles. The number of hydrogen-bond acceptors (Lipinski definition) is 2. The molecule has 21 heavy (non-hydrogen) atoms. The topological polar surface area (TPSA) is 49.7 Å². The lowest BCUT2D eigenvalue weighted by Crippen LogP contribution is -2.31. The van der Waals surface area contributed by atoms with Gasteiger partial charge in [-0.1, -0.05) is 31.0 Å². The zero-order valence-corrected chi connectivity index (χ0v) is 14.3. The van der Waals surface area contributed by atoms with E-state index in [1.165, 1.54) is 0 Å². The lowest BCUT2D eigenvalue weighted by molar-refractivity contribution is 0.453. The van der Waals surface area contributed by atoms with Crippen LogP contribution in [0.2, 0.25) is 0 Å². The summed E-state index contributed by atoms with van der Waals surface area (Å²) in [5.41, 5.74) is 1.04. The first-order valence-electron chi connectivity index (χ1n) is 7.60. The van der Waals surface area contributed by atoms with Gasteiger partial charge in [0.25, 0.3) is 10.0 Å². The highest BCUT2D eigenvalue weighted by atomic mass is 32.2. The maximum absolute atomic E-state index is 12.4. The Morgan fingerprint density at radius 3 is 2.14 bits per heavy atom. The van der Waals surface area contributed by atoms with Crippen molar-refractivity contribution in [2.24, 2.45) is 4.40 Å². The first kappa shape index (κ1) is 17.7.